The lowest BCUT2D eigenvalue weighted by molar-refractivity contribution is -0.140. The minimum absolute atomic E-state index is 0.175. The van der Waals surface area contributed by atoms with Crippen LogP contribution in [0.3, 0.4) is 0 Å². The summed E-state index contributed by atoms with van der Waals surface area (Å²) in [5.41, 5.74) is 4.19. The highest BCUT2D eigenvalue weighted by Gasteiger charge is 2.42. The molecule has 6 heteroatoms. The molecular formula is C21H23N3O2S. The summed E-state index contributed by atoms with van der Waals surface area (Å²) >= 11 is 1.83. The normalized spacial score (nSPS) is 18.8. The van der Waals surface area contributed by atoms with Crippen molar-refractivity contribution in [2.75, 3.05) is 19.7 Å². The largest absolute Gasteiger partial charge is 0.370 e. The number of carbonyl (C=O) groups excluding carboxylic acids is 1. The Balaban J connectivity index is 1.30. The van der Waals surface area contributed by atoms with Crippen molar-refractivity contribution in [2.24, 2.45) is 0 Å². The summed E-state index contributed by atoms with van der Waals surface area (Å²) in [5, 5.41) is 2.17. The molecule has 0 atom stereocenters. The third-order valence-corrected chi connectivity index (χ3v) is 6.99. The first-order valence-electron chi connectivity index (χ1n) is 9.56. The number of pyridine rings is 1. The van der Waals surface area contributed by atoms with E-state index in [0.717, 1.165) is 55.9 Å². The summed E-state index contributed by atoms with van der Waals surface area (Å²) in [6, 6.07) is 6.26. The van der Waals surface area contributed by atoms with Gasteiger partial charge in [-0.1, -0.05) is 6.07 Å². The molecule has 1 saturated heterocycles. The van der Waals surface area contributed by atoms with Gasteiger partial charge in [-0.25, -0.2) is 4.98 Å². The molecule has 0 N–H and O–H groups in total. The van der Waals surface area contributed by atoms with Crippen LogP contribution < -0.4 is 0 Å². The first-order valence-corrected chi connectivity index (χ1v) is 10.4. The van der Waals surface area contributed by atoms with Crippen LogP contribution in [0.2, 0.25) is 0 Å². The maximum atomic E-state index is 12.9. The van der Waals surface area contributed by atoms with Crippen LogP contribution in [0.25, 0.3) is 5.65 Å². The molecule has 0 bridgehead atoms. The van der Waals surface area contributed by atoms with Gasteiger partial charge in [-0.15, -0.1) is 11.3 Å². The van der Waals surface area contributed by atoms with Crippen molar-refractivity contribution in [1.82, 2.24) is 14.3 Å². The number of hydrogen-bond acceptors (Lipinski definition) is 4. The van der Waals surface area contributed by atoms with Crippen LogP contribution in [-0.2, 0) is 28.0 Å². The monoisotopic (exact) mass is 381 g/mol. The van der Waals surface area contributed by atoms with Crippen molar-refractivity contribution in [3.8, 4) is 0 Å². The van der Waals surface area contributed by atoms with Crippen LogP contribution in [0.15, 0.2) is 36.0 Å². The highest BCUT2D eigenvalue weighted by molar-refractivity contribution is 7.10. The Morgan fingerprint density at radius 3 is 3.04 bits per heavy atom. The Labute approximate surface area is 162 Å². The fourth-order valence-electron chi connectivity index (χ4n) is 4.49. The van der Waals surface area contributed by atoms with Crippen LogP contribution in [-0.4, -0.2) is 39.9 Å². The van der Waals surface area contributed by atoms with Gasteiger partial charge in [-0.05, 0) is 48.4 Å². The molecule has 0 aliphatic carbocycles. The lowest BCUT2D eigenvalue weighted by Gasteiger charge is -2.44. The lowest BCUT2D eigenvalue weighted by Crippen LogP contribution is -2.48. The van der Waals surface area contributed by atoms with Gasteiger partial charge in [0.25, 0.3) is 0 Å². The highest BCUT2D eigenvalue weighted by atomic mass is 32.1. The predicted octanol–water partition coefficient (Wildman–Crippen LogP) is 3.34. The molecule has 0 aromatic carbocycles. The van der Waals surface area contributed by atoms with Gasteiger partial charge in [-0.2, -0.15) is 0 Å². The van der Waals surface area contributed by atoms with Crippen molar-refractivity contribution in [2.45, 2.75) is 38.2 Å². The minimum Gasteiger partial charge on any atom is -0.370 e. The fraction of sp³-hybridized carbons (Fsp3) is 0.429. The number of fused-ring (bicyclic) bond motifs is 3. The number of imidazole rings is 1. The second-order valence-electron chi connectivity index (χ2n) is 7.54. The summed E-state index contributed by atoms with van der Waals surface area (Å²) in [7, 11) is 0. The summed E-state index contributed by atoms with van der Waals surface area (Å²) in [6.07, 6.45) is 6.99. The molecule has 1 fully saturated rings. The highest BCUT2D eigenvalue weighted by Crippen LogP contribution is 2.43. The zero-order valence-corrected chi connectivity index (χ0v) is 16.3. The number of ether oxygens (including phenoxy) is 1. The molecule has 1 spiro atoms. The minimum atomic E-state index is -0.176. The van der Waals surface area contributed by atoms with Gasteiger partial charge >= 0.3 is 0 Å². The first kappa shape index (κ1) is 17.0. The van der Waals surface area contributed by atoms with E-state index >= 15 is 0 Å². The zero-order chi connectivity index (χ0) is 18.4. The average molecular weight is 382 g/mol. The van der Waals surface area contributed by atoms with Crippen molar-refractivity contribution in [3.05, 3.63) is 57.7 Å². The van der Waals surface area contributed by atoms with Crippen molar-refractivity contribution in [3.63, 3.8) is 0 Å². The van der Waals surface area contributed by atoms with Gasteiger partial charge in [0.2, 0.25) is 5.91 Å². The third kappa shape index (κ3) is 2.78. The van der Waals surface area contributed by atoms with Crippen LogP contribution in [0.1, 0.15) is 34.5 Å². The molecule has 27 heavy (non-hydrogen) atoms. The SMILES string of the molecule is Cc1cccn2c(CC(=O)N3CCC4(CC3)OCCc3sccc34)cnc12. The van der Waals surface area contributed by atoms with Crippen LogP contribution in [0, 0.1) is 6.92 Å². The smallest absolute Gasteiger partial charge is 0.228 e. The number of hydrogen-bond donors (Lipinski definition) is 0. The number of nitrogens with zero attached hydrogens (tertiary/aromatic N) is 3. The van der Waals surface area contributed by atoms with E-state index in [2.05, 4.69) is 16.4 Å². The van der Waals surface area contributed by atoms with Crippen molar-refractivity contribution >= 4 is 22.9 Å². The molecular weight excluding hydrogens is 358 g/mol. The van der Waals surface area contributed by atoms with E-state index in [1.165, 1.54) is 10.4 Å². The summed E-state index contributed by atoms with van der Waals surface area (Å²) in [5.74, 6) is 0.175. The van der Waals surface area contributed by atoms with E-state index in [0.29, 0.717) is 6.42 Å². The standard InChI is InChI=1S/C21H23N3O2S/c1-15-3-2-8-24-16(14-22-20(15)24)13-19(25)23-9-6-21(7-10-23)17-5-12-27-18(17)4-11-26-21/h2-3,5,8,12,14H,4,6-7,9-11,13H2,1H3. The molecule has 0 saturated carbocycles. The maximum absolute atomic E-state index is 12.9. The van der Waals surface area contributed by atoms with E-state index in [1.54, 1.807) is 0 Å². The van der Waals surface area contributed by atoms with Crippen LogP contribution in [0.5, 0.6) is 0 Å². The van der Waals surface area contributed by atoms with Gasteiger partial charge in [0.1, 0.15) is 5.65 Å². The summed E-state index contributed by atoms with van der Waals surface area (Å²) in [4.78, 5) is 20.8. The second-order valence-corrected chi connectivity index (χ2v) is 8.54. The first-order chi connectivity index (χ1) is 13.2. The van der Waals surface area contributed by atoms with E-state index < -0.39 is 0 Å². The van der Waals surface area contributed by atoms with Gasteiger partial charge in [0.05, 0.1) is 24.3 Å². The molecule has 2 aliphatic heterocycles. The quantitative estimate of drug-likeness (QED) is 0.684. The van der Waals surface area contributed by atoms with Crippen LogP contribution >= 0.6 is 11.3 Å². The molecule has 5 heterocycles. The molecule has 5 nitrogen and oxygen atoms in total. The Hall–Kier alpha value is -2.18. The summed E-state index contributed by atoms with van der Waals surface area (Å²) in [6.45, 7) is 4.34. The molecule has 5 rings (SSSR count). The van der Waals surface area contributed by atoms with E-state index in [-0.39, 0.29) is 11.5 Å². The predicted molar refractivity (Wildman–Crippen MR) is 105 cm³/mol. The van der Waals surface area contributed by atoms with E-state index in [1.807, 2.05) is 52.1 Å². The Morgan fingerprint density at radius 1 is 1.33 bits per heavy atom. The molecule has 3 aromatic rings. The maximum Gasteiger partial charge on any atom is 0.228 e. The summed E-state index contributed by atoms with van der Waals surface area (Å²) < 4.78 is 8.28. The number of piperidine rings is 1. The molecule has 0 unspecified atom stereocenters. The number of aryl methyl sites for hydroxylation is 1. The Bertz CT molecular complexity index is 998. The van der Waals surface area contributed by atoms with Gasteiger partial charge < -0.3 is 14.0 Å². The van der Waals surface area contributed by atoms with Gasteiger partial charge in [-0.3, -0.25) is 4.79 Å². The molecule has 0 radical (unpaired) electrons. The molecule has 140 valence electrons. The topological polar surface area (TPSA) is 46.8 Å². The number of amides is 1. The second kappa shape index (κ2) is 6.46. The number of thiophene rings is 1. The van der Waals surface area contributed by atoms with E-state index in [4.69, 9.17) is 4.74 Å². The number of rotatable bonds is 2. The van der Waals surface area contributed by atoms with E-state index in [9.17, 15) is 4.79 Å². The van der Waals surface area contributed by atoms with Crippen LogP contribution in [0.4, 0.5) is 0 Å². The number of aromatic nitrogens is 2. The Morgan fingerprint density at radius 2 is 2.19 bits per heavy atom. The molecule has 3 aromatic heterocycles. The third-order valence-electron chi connectivity index (χ3n) is 6.01. The number of likely N-dealkylation sites (tertiary alicyclic amines) is 1. The molecule has 2 aliphatic rings. The van der Waals surface area contributed by atoms with Gasteiger partial charge in [0, 0.05) is 36.8 Å². The average Bonchev–Trinajstić information content (AvgIpc) is 3.32. The van der Waals surface area contributed by atoms with Crippen molar-refractivity contribution in [1.29, 1.82) is 0 Å². The Kier molecular flexibility index (Phi) is 4.06. The van der Waals surface area contributed by atoms with Crippen molar-refractivity contribution < 1.29 is 9.53 Å². The zero-order valence-electron chi connectivity index (χ0n) is 15.5. The lowest BCUT2D eigenvalue weighted by atomic mass is 9.82. The van der Waals surface area contributed by atoms with Gasteiger partial charge in [0.15, 0.2) is 0 Å². The number of carbonyl (C=O) groups is 1. The molecule has 1 amide bonds. The fourth-order valence-corrected chi connectivity index (χ4v) is 5.44.